The normalized spacial score (nSPS) is 12.9. The summed E-state index contributed by atoms with van der Waals surface area (Å²) in [5, 5.41) is 2.47. The lowest BCUT2D eigenvalue weighted by Gasteiger charge is -2.18. The van der Waals surface area contributed by atoms with Crippen LogP contribution in [0.4, 0.5) is 0 Å². The molecule has 1 heterocycles. The lowest BCUT2D eigenvalue weighted by Crippen LogP contribution is -2.46. The number of halogens is 1. The number of nitrogens with one attached hydrogen (secondary N) is 2. The summed E-state index contributed by atoms with van der Waals surface area (Å²) in [6.07, 6.45) is 0.395. The SMILES string of the molecule is COC(=O)C(CC(C)C)NC(=O)CNS(=O)(=O)c1ccc(Cl)s1. The number of carbonyl (C=O) groups excluding carboxylic acids is 2. The number of hydrogen-bond acceptors (Lipinski definition) is 6. The van der Waals surface area contributed by atoms with Crippen molar-refractivity contribution in [1.29, 1.82) is 0 Å². The van der Waals surface area contributed by atoms with Gasteiger partial charge in [0.05, 0.1) is 18.0 Å². The molecule has 0 radical (unpaired) electrons. The van der Waals surface area contributed by atoms with Crippen LogP contribution in [-0.2, 0) is 24.3 Å². The largest absolute Gasteiger partial charge is 0.467 e. The van der Waals surface area contributed by atoms with Crippen molar-refractivity contribution in [2.24, 2.45) is 5.92 Å². The van der Waals surface area contributed by atoms with E-state index in [9.17, 15) is 18.0 Å². The number of esters is 1. The Balaban J connectivity index is 2.63. The lowest BCUT2D eigenvalue weighted by atomic mass is 10.0. The first-order valence-electron chi connectivity index (χ1n) is 6.78. The maximum atomic E-state index is 12.0. The van der Waals surface area contributed by atoms with Crippen molar-refractivity contribution in [3.05, 3.63) is 16.5 Å². The molecule has 130 valence electrons. The number of sulfonamides is 1. The second-order valence-corrected chi connectivity index (χ2v) is 8.86. The van der Waals surface area contributed by atoms with E-state index >= 15 is 0 Å². The molecule has 0 aliphatic heterocycles. The van der Waals surface area contributed by atoms with E-state index in [1.807, 2.05) is 13.8 Å². The van der Waals surface area contributed by atoms with E-state index in [1.165, 1.54) is 19.2 Å². The number of thiophene rings is 1. The Kier molecular flexibility index (Phi) is 7.46. The van der Waals surface area contributed by atoms with Crippen LogP contribution in [0.3, 0.4) is 0 Å². The Hall–Kier alpha value is -1.16. The summed E-state index contributed by atoms with van der Waals surface area (Å²) < 4.78 is 31.1. The molecule has 0 aliphatic carbocycles. The summed E-state index contributed by atoms with van der Waals surface area (Å²) in [5.74, 6) is -1.03. The number of carbonyl (C=O) groups is 2. The summed E-state index contributed by atoms with van der Waals surface area (Å²) in [6.45, 7) is 3.31. The molecule has 0 saturated heterocycles. The van der Waals surface area contributed by atoms with E-state index in [0.717, 1.165) is 11.3 Å². The van der Waals surface area contributed by atoms with Crippen LogP contribution in [0.2, 0.25) is 4.34 Å². The predicted octanol–water partition coefficient (Wildman–Crippen LogP) is 1.38. The molecule has 1 aromatic heterocycles. The Morgan fingerprint density at radius 2 is 2.00 bits per heavy atom. The van der Waals surface area contributed by atoms with Crippen molar-refractivity contribution in [3.8, 4) is 0 Å². The topological polar surface area (TPSA) is 102 Å². The molecule has 10 heteroatoms. The molecule has 23 heavy (non-hydrogen) atoms. The first kappa shape index (κ1) is 19.9. The highest BCUT2D eigenvalue weighted by molar-refractivity contribution is 7.91. The van der Waals surface area contributed by atoms with Gasteiger partial charge in [0.2, 0.25) is 5.91 Å². The van der Waals surface area contributed by atoms with E-state index < -0.39 is 34.5 Å². The molecule has 1 aromatic rings. The third-order valence-corrected chi connectivity index (χ3v) is 5.89. The average molecular weight is 383 g/mol. The van der Waals surface area contributed by atoms with Crippen LogP contribution >= 0.6 is 22.9 Å². The van der Waals surface area contributed by atoms with Crippen LogP contribution in [0.1, 0.15) is 20.3 Å². The standard InChI is InChI=1S/C13H19ClN2O5S2/c1-8(2)6-9(13(18)21-3)16-11(17)7-15-23(19,20)12-5-4-10(14)22-12/h4-5,8-9,15H,6-7H2,1-3H3,(H,16,17). The van der Waals surface area contributed by atoms with Crippen molar-refractivity contribution >= 4 is 44.8 Å². The highest BCUT2D eigenvalue weighted by atomic mass is 35.5. The molecule has 0 aromatic carbocycles. The van der Waals surface area contributed by atoms with Gasteiger partial charge in [-0.1, -0.05) is 25.4 Å². The maximum Gasteiger partial charge on any atom is 0.328 e. The van der Waals surface area contributed by atoms with Gasteiger partial charge in [0.15, 0.2) is 0 Å². The van der Waals surface area contributed by atoms with Gasteiger partial charge < -0.3 is 10.1 Å². The lowest BCUT2D eigenvalue weighted by molar-refractivity contribution is -0.145. The minimum absolute atomic E-state index is 0.0157. The third-order valence-electron chi connectivity index (χ3n) is 2.76. The number of ether oxygens (including phenoxy) is 1. The molecular formula is C13H19ClN2O5S2. The Labute approximate surface area is 144 Å². The molecule has 0 fully saturated rings. The Bertz CT molecular complexity index is 657. The van der Waals surface area contributed by atoms with Gasteiger partial charge in [0.1, 0.15) is 10.3 Å². The van der Waals surface area contributed by atoms with Crippen LogP contribution in [0, 0.1) is 5.92 Å². The van der Waals surface area contributed by atoms with Crippen molar-refractivity contribution < 1.29 is 22.7 Å². The second kappa shape index (κ2) is 8.62. The zero-order valence-corrected chi connectivity index (χ0v) is 15.3. The van der Waals surface area contributed by atoms with Gasteiger partial charge in [0.25, 0.3) is 10.0 Å². The van der Waals surface area contributed by atoms with Gasteiger partial charge in [-0.3, -0.25) is 4.79 Å². The zero-order chi connectivity index (χ0) is 17.6. The minimum Gasteiger partial charge on any atom is -0.467 e. The predicted molar refractivity (Wildman–Crippen MR) is 87.9 cm³/mol. The Morgan fingerprint density at radius 3 is 2.48 bits per heavy atom. The fourth-order valence-electron chi connectivity index (χ4n) is 1.75. The van der Waals surface area contributed by atoms with Crippen molar-refractivity contribution in [2.45, 2.75) is 30.5 Å². The van der Waals surface area contributed by atoms with Gasteiger partial charge in [-0.2, -0.15) is 0 Å². The van der Waals surface area contributed by atoms with Crippen LogP contribution in [0.5, 0.6) is 0 Å². The van der Waals surface area contributed by atoms with Crippen LogP contribution < -0.4 is 10.0 Å². The zero-order valence-electron chi connectivity index (χ0n) is 13.0. The van der Waals surface area contributed by atoms with Gasteiger partial charge in [-0.05, 0) is 24.5 Å². The fourth-order valence-corrected chi connectivity index (χ4v) is 4.26. The quantitative estimate of drug-likeness (QED) is 0.661. The molecule has 1 unspecified atom stereocenters. The monoisotopic (exact) mass is 382 g/mol. The van der Waals surface area contributed by atoms with E-state index in [4.69, 9.17) is 11.6 Å². The molecule has 0 saturated carbocycles. The van der Waals surface area contributed by atoms with Crippen LogP contribution in [0.25, 0.3) is 0 Å². The number of rotatable bonds is 8. The number of hydrogen-bond donors (Lipinski definition) is 2. The molecule has 2 N–H and O–H groups in total. The first-order valence-corrected chi connectivity index (χ1v) is 9.45. The first-order chi connectivity index (χ1) is 10.7. The summed E-state index contributed by atoms with van der Waals surface area (Å²) in [5.41, 5.74) is 0. The van der Waals surface area contributed by atoms with E-state index in [2.05, 4.69) is 14.8 Å². The van der Waals surface area contributed by atoms with E-state index in [0.29, 0.717) is 10.8 Å². The van der Waals surface area contributed by atoms with Gasteiger partial charge in [-0.15, -0.1) is 11.3 Å². The fraction of sp³-hybridized carbons (Fsp3) is 0.538. The van der Waals surface area contributed by atoms with Crippen molar-refractivity contribution in [3.63, 3.8) is 0 Å². The third kappa shape index (κ3) is 6.46. The summed E-state index contributed by atoms with van der Waals surface area (Å²) in [6, 6.07) is 1.99. The molecule has 1 atom stereocenters. The molecule has 1 rings (SSSR count). The highest BCUT2D eigenvalue weighted by Gasteiger charge is 2.24. The second-order valence-electron chi connectivity index (χ2n) is 5.16. The minimum atomic E-state index is -3.81. The summed E-state index contributed by atoms with van der Waals surface area (Å²) >= 11 is 6.58. The van der Waals surface area contributed by atoms with Crippen molar-refractivity contribution in [1.82, 2.24) is 10.0 Å². The number of methoxy groups -OCH3 is 1. The smallest absolute Gasteiger partial charge is 0.328 e. The van der Waals surface area contributed by atoms with E-state index in [1.54, 1.807) is 0 Å². The number of amides is 1. The van der Waals surface area contributed by atoms with Gasteiger partial charge >= 0.3 is 5.97 Å². The average Bonchev–Trinajstić information content (AvgIpc) is 2.90. The summed E-state index contributed by atoms with van der Waals surface area (Å²) in [7, 11) is -2.58. The van der Waals surface area contributed by atoms with Crippen molar-refractivity contribution in [2.75, 3.05) is 13.7 Å². The molecule has 7 nitrogen and oxygen atoms in total. The van der Waals surface area contributed by atoms with Crippen LogP contribution in [0.15, 0.2) is 16.3 Å². The van der Waals surface area contributed by atoms with Crippen LogP contribution in [-0.4, -0.2) is 40.0 Å². The Morgan fingerprint density at radius 1 is 1.35 bits per heavy atom. The molecular weight excluding hydrogens is 364 g/mol. The molecule has 0 bridgehead atoms. The van der Waals surface area contributed by atoms with Gasteiger partial charge in [-0.25, -0.2) is 17.9 Å². The maximum absolute atomic E-state index is 12.0. The van der Waals surface area contributed by atoms with Gasteiger partial charge in [0, 0.05) is 0 Å². The molecule has 0 spiro atoms. The molecule has 0 aliphatic rings. The molecule has 1 amide bonds. The highest BCUT2D eigenvalue weighted by Crippen LogP contribution is 2.25. The summed E-state index contributed by atoms with van der Waals surface area (Å²) in [4.78, 5) is 23.5. The van der Waals surface area contributed by atoms with E-state index in [-0.39, 0.29) is 10.1 Å².